The molecule has 1 aromatic carbocycles. The molecular formula is C17H16N4O3S. The van der Waals surface area contributed by atoms with E-state index in [2.05, 4.69) is 15.0 Å². The summed E-state index contributed by atoms with van der Waals surface area (Å²) in [5.41, 5.74) is 6.94. The largest absolute Gasteiger partial charge is 0.462 e. The number of rotatable bonds is 5. The number of thioether (sulfide) groups is 1. The SMILES string of the molecule is CCOC(=O)c1ccc(SCc2cnc3nc(N)[nH]c(=O)c3c2)cc1. The number of hydrogen-bond donors (Lipinski definition) is 2. The van der Waals surface area contributed by atoms with Crippen molar-refractivity contribution in [1.82, 2.24) is 15.0 Å². The van der Waals surface area contributed by atoms with Crippen LogP contribution in [0.3, 0.4) is 0 Å². The van der Waals surface area contributed by atoms with Crippen LogP contribution in [0, 0.1) is 0 Å². The van der Waals surface area contributed by atoms with E-state index in [0.29, 0.717) is 29.0 Å². The van der Waals surface area contributed by atoms with Gasteiger partial charge in [0.05, 0.1) is 17.6 Å². The molecule has 3 N–H and O–H groups in total. The van der Waals surface area contributed by atoms with E-state index < -0.39 is 0 Å². The fraction of sp³-hybridized carbons (Fsp3) is 0.176. The third kappa shape index (κ3) is 3.97. The van der Waals surface area contributed by atoms with Gasteiger partial charge in [-0.3, -0.25) is 9.78 Å². The first-order valence-electron chi connectivity index (χ1n) is 7.61. The Morgan fingerprint density at radius 3 is 2.80 bits per heavy atom. The molecule has 0 aliphatic rings. The highest BCUT2D eigenvalue weighted by atomic mass is 32.2. The van der Waals surface area contributed by atoms with Crippen molar-refractivity contribution in [1.29, 1.82) is 0 Å². The number of nitrogens with one attached hydrogen (secondary N) is 1. The van der Waals surface area contributed by atoms with Crippen molar-refractivity contribution in [2.45, 2.75) is 17.6 Å². The molecule has 2 heterocycles. The molecule has 3 aromatic rings. The number of carbonyl (C=O) groups excluding carboxylic acids is 1. The van der Waals surface area contributed by atoms with Gasteiger partial charge in [-0.05, 0) is 42.8 Å². The van der Waals surface area contributed by atoms with Gasteiger partial charge in [-0.15, -0.1) is 11.8 Å². The highest BCUT2D eigenvalue weighted by Crippen LogP contribution is 2.23. The Bertz CT molecular complexity index is 970. The fourth-order valence-corrected chi connectivity index (χ4v) is 3.05. The van der Waals surface area contributed by atoms with E-state index in [1.807, 2.05) is 12.1 Å². The average molecular weight is 356 g/mol. The topological polar surface area (TPSA) is 111 Å². The van der Waals surface area contributed by atoms with Crippen molar-refractivity contribution in [3.05, 3.63) is 58.0 Å². The van der Waals surface area contributed by atoms with Crippen molar-refractivity contribution < 1.29 is 9.53 Å². The lowest BCUT2D eigenvalue weighted by Gasteiger charge is -2.05. The lowest BCUT2D eigenvalue weighted by atomic mass is 10.2. The zero-order chi connectivity index (χ0) is 17.8. The lowest BCUT2D eigenvalue weighted by Crippen LogP contribution is -2.12. The Kier molecular flexibility index (Phi) is 4.99. The quantitative estimate of drug-likeness (QED) is 0.533. The molecule has 0 bridgehead atoms. The number of esters is 1. The van der Waals surface area contributed by atoms with Crippen LogP contribution in [0.4, 0.5) is 5.95 Å². The highest BCUT2D eigenvalue weighted by molar-refractivity contribution is 7.98. The first-order valence-corrected chi connectivity index (χ1v) is 8.60. The van der Waals surface area contributed by atoms with Gasteiger partial charge < -0.3 is 10.5 Å². The second-order valence-corrected chi connectivity index (χ2v) is 6.25. The molecule has 7 nitrogen and oxygen atoms in total. The zero-order valence-electron chi connectivity index (χ0n) is 13.5. The molecule has 0 atom stereocenters. The minimum absolute atomic E-state index is 0.0498. The Morgan fingerprint density at radius 2 is 2.08 bits per heavy atom. The van der Waals surface area contributed by atoms with Crippen LogP contribution >= 0.6 is 11.8 Å². The van der Waals surface area contributed by atoms with Gasteiger partial charge in [0.1, 0.15) is 0 Å². The molecule has 0 fully saturated rings. The van der Waals surface area contributed by atoms with Crippen molar-refractivity contribution in [2.24, 2.45) is 0 Å². The van der Waals surface area contributed by atoms with Crippen LogP contribution in [0.15, 0.2) is 46.2 Å². The van der Waals surface area contributed by atoms with Crippen LogP contribution in [-0.4, -0.2) is 27.5 Å². The second-order valence-electron chi connectivity index (χ2n) is 5.20. The maximum Gasteiger partial charge on any atom is 0.338 e. The Morgan fingerprint density at radius 1 is 1.32 bits per heavy atom. The Hall–Kier alpha value is -2.87. The number of nitrogen functional groups attached to an aromatic ring is 1. The van der Waals surface area contributed by atoms with Crippen molar-refractivity contribution >= 4 is 34.7 Å². The summed E-state index contributed by atoms with van der Waals surface area (Å²) in [6.07, 6.45) is 1.67. The minimum Gasteiger partial charge on any atom is -0.462 e. The van der Waals surface area contributed by atoms with E-state index in [-0.39, 0.29) is 17.5 Å². The predicted molar refractivity (Wildman–Crippen MR) is 96.5 cm³/mol. The number of aromatic amines is 1. The summed E-state index contributed by atoms with van der Waals surface area (Å²) in [5.74, 6) is 0.350. The summed E-state index contributed by atoms with van der Waals surface area (Å²) in [4.78, 5) is 35.2. The highest BCUT2D eigenvalue weighted by Gasteiger charge is 2.07. The van der Waals surface area contributed by atoms with E-state index in [1.54, 1.807) is 43.1 Å². The second kappa shape index (κ2) is 7.35. The molecule has 0 amide bonds. The van der Waals surface area contributed by atoms with E-state index in [4.69, 9.17) is 10.5 Å². The summed E-state index contributed by atoms with van der Waals surface area (Å²) in [6, 6.07) is 8.95. The molecule has 0 spiro atoms. The maximum absolute atomic E-state index is 11.9. The number of H-pyrrole nitrogens is 1. The maximum atomic E-state index is 11.9. The predicted octanol–water partition coefficient (Wildman–Crippen LogP) is 2.37. The van der Waals surface area contributed by atoms with E-state index in [1.165, 1.54) is 0 Å². The van der Waals surface area contributed by atoms with Gasteiger partial charge in [-0.1, -0.05) is 0 Å². The number of carbonyl (C=O) groups is 1. The molecule has 0 unspecified atom stereocenters. The molecule has 0 aliphatic heterocycles. The van der Waals surface area contributed by atoms with E-state index >= 15 is 0 Å². The molecule has 0 radical (unpaired) electrons. The molecule has 3 rings (SSSR count). The molecule has 128 valence electrons. The van der Waals surface area contributed by atoms with Gasteiger partial charge in [-0.2, -0.15) is 4.98 Å². The van der Waals surface area contributed by atoms with Gasteiger partial charge in [0.2, 0.25) is 5.95 Å². The molecule has 2 aromatic heterocycles. The molecule has 8 heteroatoms. The smallest absolute Gasteiger partial charge is 0.338 e. The first-order chi connectivity index (χ1) is 12.1. The monoisotopic (exact) mass is 356 g/mol. The fourth-order valence-electron chi connectivity index (χ4n) is 2.23. The number of aromatic nitrogens is 3. The first kappa shape index (κ1) is 17.0. The van der Waals surface area contributed by atoms with Crippen LogP contribution in [0.5, 0.6) is 0 Å². The molecule has 0 saturated carbocycles. The summed E-state index contributed by atoms with van der Waals surface area (Å²) in [7, 11) is 0. The van der Waals surface area contributed by atoms with Crippen molar-refractivity contribution in [3.8, 4) is 0 Å². The van der Waals surface area contributed by atoms with E-state index in [0.717, 1.165) is 10.5 Å². The van der Waals surface area contributed by atoms with Crippen LogP contribution in [0.2, 0.25) is 0 Å². The van der Waals surface area contributed by atoms with Gasteiger partial charge in [-0.25, -0.2) is 9.78 Å². The lowest BCUT2D eigenvalue weighted by molar-refractivity contribution is 0.0526. The molecule has 0 aliphatic carbocycles. The summed E-state index contributed by atoms with van der Waals surface area (Å²) in [5, 5.41) is 0.407. The van der Waals surface area contributed by atoms with Gasteiger partial charge in [0.25, 0.3) is 5.56 Å². The van der Waals surface area contributed by atoms with Crippen molar-refractivity contribution in [3.63, 3.8) is 0 Å². The number of ether oxygens (including phenoxy) is 1. The van der Waals surface area contributed by atoms with Crippen LogP contribution in [0.25, 0.3) is 11.0 Å². The minimum atomic E-state index is -0.330. The molecule has 25 heavy (non-hydrogen) atoms. The average Bonchev–Trinajstić information content (AvgIpc) is 2.61. The Labute approximate surface area is 147 Å². The molecular weight excluding hydrogens is 340 g/mol. The zero-order valence-corrected chi connectivity index (χ0v) is 14.3. The Balaban J connectivity index is 1.72. The van der Waals surface area contributed by atoms with Crippen LogP contribution < -0.4 is 11.3 Å². The summed E-state index contributed by atoms with van der Waals surface area (Å²) < 4.78 is 4.96. The third-order valence-corrected chi connectivity index (χ3v) is 4.49. The number of fused-ring (bicyclic) bond motifs is 1. The number of nitrogens with zero attached hydrogens (tertiary/aromatic N) is 2. The summed E-state index contributed by atoms with van der Waals surface area (Å²) >= 11 is 1.58. The molecule has 0 saturated heterocycles. The number of anilines is 1. The van der Waals surface area contributed by atoms with Crippen LogP contribution in [0.1, 0.15) is 22.8 Å². The number of nitrogens with two attached hydrogens (primary N) is 1. The number of hydrogen-bond acceptors (Lipinski definition) is 7. The third-order valence-electron chi connectivity index (χ3n) is 3.41. The summed E-state index contributed by atoms with van der Waals surface area (Å²) in [6.45, 7) is 2.12. The normalized spacial score (nSPS) is 10.8. The number of pyridine rings is 1. The standard InChI is InChI=1S/C17H16N4O3S/c1-2-24-16(23)11-3-5-12(6-4-11)25-9-10-7-13-14(19-8-10)20-17(18)21-15(13)22/h3-8H,2,9H2,1H3,(H3,18,19,20,21,22). The van der Waals surface area contributed by atoms with Crippen LogP contribution in [-0.2, 0) is 10.5 Å². The van der Waals surface area contributed by atoms with Crippen molar-refractivity contribution in [2.75, 3.05) is 12.3 Å². The van der Waals surface area contributed by atoms with Gasteiger partial charge in [0, 0.05) is 16.8 Å². The number of benzene rings is 1. The van der Waals surface area contributed by atoms with E-state index in [9.17, 15) is 9.59 Å². The van der Waals surface area contributed by atoms with Gasteiger partial charge >= 0.3 is 5.97 Å². The van der Waals surface area contributed by atoms with Gasteiger partial charge in [0.15, 0.2) is 5.65 Å².